The largest absolute Gasteiger partial charge is 0.343 e. The second-order valence-corrected chi connectivity index (χ2v) is 11.4. The molecule has 1 aromatic rings. The number of hydrogen-bond donors (Lipinski definition) is 2. The maximum absolute atomic E-state index is 11.1. The first-order valence-electron chi connectivity index (χ1n) is 10.9. The summed E-state index contributed by atoms with van der Waals surface area (Å²) < 4.78 is 55.9. The van der Waals surface area contributed by atoms with Crippen LogP contribution < -0.4 is 10.9 Å². The van der Waals surface area contributed by atoms with Crippen molar-refractivity contribution in [3.63, 3.8) is 0 Å². The summed E-state index contributed by atoms with van der Waals surface area (Å²) in [5.41, 5.74) is 7.08. The van der Waals surface area contributed by atoms with Crippen LogP contribution in [0.2, 0.25) is 0 Å². The standard InChI is InChI=1S/C12H21NO8S.C10H15N/c1-10(2)18-7-5-16-12(6-17-22(13,14)15)9(8(7)19-10)20-11(3,4)21-12;1-10(2,11)8-9-6-4-3-5-7-9/h7-9H,5-6H2,1-4H3,(H2,13,14,15);3-7H,8,11H2,1-2H3. The highest BCUT2D eigenvalue weighted by atomic mass is 32.2. The number of benzene rings is 1. The van der Waals surface area contributed by atoms with Crippen LogP contribution >= 0.6 is 0 Å². The molecule has 0 spiro atoms. The van der Waals surface area contributed by atoms with Crippen molar-refractivity contribution >= 4 is 10.3 Å². The molecule has 0 aliphatic carbocycles. The first-order chi connectivity index (χ1) is 15.0. The third-order valence-electron chi connectivity index (χ3n) is 5.20. The molecule has 0 aromatic heterocycles. The molecule has 3 fully saturated rings. The lowest BCUT2D eigenvalue weighted by atomic mass is 9.96. The Labute approximate surface area is 196 Å². The Morgan fingerprint density at radius 3 is 2.27 bits per heavy atom. The van der Waals surface area contributed by atoms with Gasteiger partial charge in [-0.25, -0.2) is 5.14 Å². The van der Waals surface area contributed by atoms with Gasteiger partial charge in [-0.1, -0.05) is 30.3 Å². The molecule has 1 aromatic carbocycles. The maximum Gasteiger partial charge on any atom is 0.333 e. The van der Waals surface area contributed by atoms with Crippen LogP contribution in [0.15, 0.2) is 30.3 Å². The minimum Gasteiger partial charge on any atom is -0.343 e. The summed E-state index contributed by atoms with van der Waals surface area (Å²) in [4.78, 5) is 0. The molecule has 188 valence electrons. The van der Waals surface area contributed by atoms with Gasteiger partial charge in [0.15, 0.2) is 11.6 Å². The lowest BCUT2D eigenvalue weighted by Crippen LogP contribution is -2.60. The van der Waals surface area contributed by atoms with Crippen LogP contribution in [0.5, 0.6) is 0 Å². The SMILES string of the molecule is CC(C)(N)Cc1ccccc1.CC1(C)OC2COC3(COS(N)(=O)=O)OC(C)(C)OC3C2O1. The fourth-order valence-corrected chi connectivity index (χ4v) is 4.56. The van der Waals surface area contributed by atoms with Crippen molar-refractivity contribution in [1.82, 2.24) is 0 Å². The molecule has 11 heteroatoms. The molecule has 4 N–H and O–H groups in total. The van der Waals surface area contributed by atoms with Gasteiger partial charge in [0.25, 0.3) is 0 Å². The van der Waals surface area contributed by atoms with E-state index in [9.17, 15) is 8.42 Å². The normalized spacial score (nSPS) is 32.4. The third kappa shape index (κ3) is 7.17. The highest BCUT2D eigenvalue weighted by molar-refractivity contribution is 7.84. The maximum atomic E-state index is 11.1. The second-order valence-electron chi connectivity index (χ2n) is 10.2. The Bertz CT molecular complexity index is 916. The van der Waals surface area contributed by atoms with Crippen LogP contribution in [0, 0.1) is 0 Å². The molecule has 3 saturated heterocycles. The molecule has 0 bridgehead atoms. The van der Waals surface area contributed by atoms with E-state index in [0.29, 0.717) is 0 Å². The summed E-state index contributed by atoms with van der Waals surface area (Å²) in [6.07, 6.45) is -0.562. The summed E-state index contributed by atoms with van der Waals surface area (Å²) in [5, 5.41) is 4.89. The van der Waals surface area contributed by atoms with Gasteiger partial charge in [-0.3, -0.25) is 4.18 Å². The number of rotatable bonds is 5. The Morgan fingerprint density at radius 1 is 1.06 bits per heavy atom. The lowest BCUT2D eigenvalue weighted by Gasteiger charge is -2.40. The summed E-state index contributed by atoms with van der Waals surface area (Å²) >= 11 is 0. The van der Waals surface area contributed by atoms with E-state index in [2.05, 4.69) is 12.1 Å². The van der Waals surface area contributed by atoms with E-state index < -0.39 is 46.5 Å². The van der Waals surface area contributed by atoms with Gasteiger partial charge in [-0.05, 0) is 53.5 Å². The molecule has 3 heterocycles. The zero-order valence-electron chi connectivity index (χ0n) is 20.1. The lowest BCUT2D eigenvalue weighted by molar-refractivity contribution is -0.290. The van der Waals surface area contributed by atoms with Gasteiger partial charge < -0.3 is 29.4 Å². The molecule has 4 rings (SSSR count). The third-order valence-corrected chi connectivity index (χ3v) is 5.65. The van der Waals surface area contributed by atoms with Crippen molar-refractivity contribution in [3.05, 3.63) is 35.9 Å². The molecule has 0 saturated carbocycles. The van der Waals surface area contributed by atoms with E-state index in [4.69, 9.17) is 38.7 Å². The van der Waals surface area contributed by atoms with Gasteiger partial charge in [0.2, 0.25) is 5.79 Å². The van der Waals surface area contributed by atoms with Crippen molar-refractivity contribution in [3.8, 4) is 0 Å². The zero-order chi connectivity index (χ0) is 24.7. The Balaban J connectivity index is 0.000000235. The predicted molar refractivity (Wildman–Crippen MR) is 120 cm³/mol. The van der Waals surface area contributed by atoms with Crippen molar-refractivity contribution in [2.24, 2.45) is 10.9 Å². The van der Waals surface area contributed by atoms with Gasteiger partial charge in [-0.2, -0.15) is 8.42 Å². The van der Waals surface area contributed by atoms with E-state index in [1.54, 1.807) is 27.7 Å². The molecular formula is C22H36N2O8S. The molecule has 0 radical (unpaired) electrons. The van der Waals surface area contributed by atoms with E-state index in [1.165, 1.54) is 5.56 Å². The van der Waals surface area contributed by atoms with Gasteiger partial charge >= 0.3 is 10.3 Å². The van der Waals surface area contributed by atoms with Crippen LogP contribution in [0.25, 0.3) is 0 Å². The van der Waals surface area contributed by atoms with Crippen LogP contribution in [-0.2, 0) is 44.6 Å². The highest BCUT2D eigenvalue weighted by Crippen LogP contribution is 2.47. The van der Waals surface area contributed by atoms with Gasteiger partial charge in [0, 0.05) is 5.54 Å². The minimum absolute atomic E-state index is 0.0959. The quantitative estimate of drug-likeness (QED) is 0.631. The number of nitrogens with two attached hydrogens (primary N) is 2. The Kier molecular flexibility index (Phi) is 7.32. The van der Waals surface area contributed by atoms with Crippen molar-refractivity contribution in [1.29, 1.82) is 0 Å². The molecule has 4 unspecified atom stereocenters. The summed E-state index contributed by atoms with van der Waals surface area (Å²) in [7, 11) is -4.14. The van der Waals surface area contributed by atoms with Crippen molar-refractivity contribution in [2.45, 2.75) is 89.2 Å². The fourth-order valence-electron chi connectivity index (χ4n) is 4.23. The average Bonchev–Trinajstić information content (AvgIpc) is 3.11. The van der Waals surface area contributed by atoms with Crippen LogP contribution in [0.3, 0.4) is 0 Å². The van der Waals surface area contributed by atoms with E-state index in [0.717, 1.165) is 6.42 Å². The van der Waals surface area contributed by atoms with E-state index in [1.807, 2.05) is 32.0 Å². The number of ether oxygens (including phenoxy) is 5. The number of hydrogen-bond acceptors (Lipinski definition) is 9. The highest BCUT2D eigenvalue weighted by Gasteiger charge is 2.65. The topological polar surface area (TPSA) is 142 Å². The minimum atomic E-state index is -4.14. The number of fused-ring (bicyclic) bond motifs is 3. The predicted octanol–water partition coefficient (Wildman–Crippen LogP) is 1.57. The first-order valence-corrected chi connectivity index (χ1v) is 12.3. The summed E-state index contributed by atoms with van der Waals surface area (Å²) in [6.45, 7) is 10.8. The summed E-state index contributed by atoms with van der Waals surface area (Å²) in [5.74, 6) is -3.19. The average molecular weight is 489 g/mol. The zero-order valence-corrected chi connectivity index (χ0v) is 20.9. The van der Waals surface area contributed by atoms with Crippen LogP contribution in [-0.4, -0.2) is 62.8 Å². The molecule has 3 aliphatic heterocycles. The molecule has 4 atom stereocenters. The summed E-state index contributed by atoms with van der Waals surface area (Å²) in [6, 6.07) is 10.3. The first kappa shape index (κ1) is 26.5. The van der Waals surface area contributed by atoms with Gasteiger partial charge in [0.1, 0.15) is 24.9 Å². The van der Waals surface area contributed by atoms with E-state index >= 15 is 0 Å². The van der Waals surface area contributed by atoms with Crippen molar-refractivity contribution in [2.75, 3.05) is 13.2 Å². The Morgan fingerprint density at radius 2 is 1.70 bits per heavy atom. The smallest absolute Gasteiger partial charge is 0.333 e. The monoisotopic (exact) mass is 488 g/mol. The van der Waals surface area contributed by atoms with Crippen LogP contribution in [0.1, 0.15) is 47.1 Å². The molecule has 0 amide bonds. The molecular weight excluding hydrogens is 452 g/mol. The molecule has 3 aliphatic rings. The van der Waals surface area contributed by atoms with Gasteiger partial charge in [0.05, 0.1) is 6.61 Å². The van der Waals surface area contributed by atoms with Crippen molar-refractivity contribution < 1.29 is 36.3 Å². The Hall–Kier alpha value is -1.15. The fraction of sp³-hybridized carbons (Fsp3) is 0.727. The molecule has 10 nitrogen and oxygen atoms in total. The van der Waals surface area contributed by atoms with Gasteiger partial charge in [-0.15, -0.1) is 0 Å². The molecule has 33 heavy (non-hydrogen) atoms. The van der Waals surface area contributed by atoms with E-state index in [-0.39, 0.29) is 18.2 Å². The van der Waals surface area contributed by atoms with Crippen LogP contribution in [0.4, 0.5) is 0 Å². The second kappa shape index (κ2) is 9.14.